The van der Waals surface area contributed by atoms with Gasteiger partial charge in [0.05, 0.1) is 6.04 Å². The van der Waals surface area contributed by atoms with Crippen molar-refractivity contribution in [1.29, 1.82) is 0 Å². The van der Waals surface area contributed by atoms with Crippen molar-refractivity contribution in [2.24, 2.45) is 0 Å². The van der Waals surface area contributed by atoms with E-state index in [1.807, 2.05) is 36.4 Å². The summed E-state index contributed by atoms with van der Waals surface area (Å²) < 4.78 is 13.6. The maximum Gasteiger partial charge on any atom is 0.256 e. The van der Waals surface area contributed by atoms with Crippen molar-refractivity contribution >= 4 is 28.1 Å². The molecule has 0 bridgehead atoms. The second-order valence-electron chi connectivity index (χ2n) is 7.01. The molecule has 1 amide bonds. The van der Waals surface area contributed by atoms with Gasteiger partial charge in [0.15, 0.2) is 0 Å². The average Bonchev–Trinajstić information content (AvgIpc) is 3.22. The fraction of sp³-hybridized carbons (Fsp3) is 0.120. The minimum atomic E-state index is -0.307. The fourth-order valence-corrected chi connectivity index (χ4v) is 4.33. The van der Waals surface area contributed by atoms with E-state index in [9.17, 15) is 9.18 Å². The maximum absolute atomic E-state index is 13.6. The largest absolute Gasteiger partial charge is 0.359 e. The lowest BCUT2D eigenvalue weighted by atomic mass is 9.99. The number of benzene rings is 2. The number of halogens is 1. The number of nitrogens with one attached hydrogen (secondary N) is 2. The van der Waals surface area contributed by atoms with Crippen LogP contribution in [-0.2, 0) is 6.42 Å². The zero-order valence-electron chi connectivity index (χ0n) is 17.0. The number of aromatic nitrogens is 1. The van der Waals surface area contributed by atoms with Crippen LogP contribution in [0.3, 0.4) is 0 Å². The van der Waals surface area contributed by atoms with Crippen molar-refractivity contribution < 1.29 is 9.18 Å². The molecule has 6 heteroatoms. The maximum atomic E-state index is 13.6. The highest BCUT2D eigenvalue weighted by Crippen LogP contribution is 2.38. The Labute approximate surface area is 184 Å². The topological polar surface area (TPSA) is 54.0 Å². The van der Waals surface area contributed by atoms with E-state index in [0.717, 1.165) is 27.4 Å². The summed E-state index contributed by atoms with van der Waals surface area (Å²) in [4.78, 5) is 18.4. The van der Waals surface area contributed by atoms with Crippen molar-refractivity contribution in [3.63, 3.8) is 0 Å². The van der Waals surface area contributed by atoms with E-state index in [1.165, 1.54) is 12.1 Å². The highest BCUT2D eigenvalue weighted by atomic mass is 32.1. The molecule has 0 radical (unpaired) electrons. The fourth-order valence-electron chi connectivity index (χ4n) is 3.30. The van der Waals surface area contributed by atoms with Gasteiger partial charge in [0.25, 0.3) is 5.91 Å². The normalized spacial score (nSPS) is 11.7. The molecule has 0 unspecified atom stereocenters. The number of rotatable bonds is 7. The summed E-state index contributed by atoms with van der Waals surface area (Å²) in [6.45, 7) is 2.08. The van der Waals surface area contributed by atoms with Crippen LogP contribution in [0.4, 0.5) is 15.2 Å². The van der Waals surface area contributed by atoms with Gasteiger partial charge in [-0.05, 0) is 54.4 Å². The molecular weight excluding hydrogens is 409 g/mol. The molecule has 1 atom stereocenters. The zero-order chi connectivity index (χ0) is 21.6. The number of pyridine rings is 1. The third-order valence-electron chi connectivity index (χ3n) is 4.89. The monoisotopic (exact) mass is 431 g/mol. The van der Waals surface area contributed by atoms with E-state index < -0.39 is 0 Å². The molecule has 0 fully saturated rings. The van der Waals surface area contributed by atoms with Crippen molar-refractivity contribution in [2.75, 3.05) is 10.6 Å². The Morgan fingerprint density at radius 2 is 1.77 bits per heavy atom. The smallest absolute Gasteiger partial charge is 0.256 e. The summed E-state index contributed by atoms with van der Waals surface area (Å²) in [6, 6.07) is 22.9. The van der Waals surface area contributed by atoms with Crippen LogP contribution in [0.25, 0.3) is 0 Å². The van der Waals surface area contributed by atoms with Gasteiger partial charge in [0.1, 0.15) is 16.6 Å². The van der Waals surface area contributed by atoms with E-state index in [1.54, 1.807) is 41.8 Å². The molecule has 2 aromatic heterocycles. The Hall–Kier alpha value is -3.51. The second-order valence-corrected chi connectivity index (χ2v) is 8.15. The van der Waals surface area contributed by atoms with Gasteiger partial charge in [-0.3, -0.25) is 4.79 Å². The molecule has 0 spiro atoms. The average molecular weight is 432 g/mol. The van der Waals surface area contributed by atoms with E-state index in [2.05, 4.69) is 28.6 Å². The number of hydrogen-bond donors (Lipinski definition) is 2. The van der Waals surface area contributed by atoms with E-state index in [0.29, 0.717) is 11.4 Å². The van der Waals surface area contributed by atoms with Crippen LogP contribution in [0.5, 0.6) is 0 Å². The highest BCUT2D eigenvalue weighted by Gasteiger charge is 2.22. The van der Waals surface area contributed by atoms with Crippen molar-refractivity contribution in [3.05, 3.63) is 112 Å². The highest BCUT2D eigenvalue weighted by molar-refractivity contribution is 7.16. The van der Waals surface area contributed by atoms with E-state index in [-0.39, 0.29) is 17.8 Å². The summed E-state index contributed by atoms with van der Waals surface area (Å²) in [5.41, 5.74) is 2.39. The zero-order valence-corrected chi connectivity index (χ0v) is 17.8. The lowest BCUT2D eigenvalue weighted by molar-refractivity contribution is 0.102. The molecule has 4 nitrogen and oxygen atoms in total. The van der Waals surface area contributed by atoms with Crippen LogP contribution in [0.15, 0.2) is 85.1 Å². The van der Waals surface area contributed by atoms with Gasteiger partial charge in [-0.2, -0.15) is 0 Å². The minimum absolute atomic E-state index is 0.165. The standard InChI is InChI=1S/C25H22FN3OS/c1-2-20-16-21(25(31-20)29-24(30)18-8-4-3-5-9-18)23(17-11-13-19(26)14-12-17)28-22-10-6-7-15-27-22/h3-16,23H,2H2,1H3,(H,27,28)(H,29,30)/t23-/m1/s1. The van der Waals surface area contributed by atoms with E-state index in [4.69, 9.17) is 0 Å². The van der Waals surface area contributed by atoms with Gasteiger partial charge in [-0.15, -0.1) is 11.3 Å². The number of nitrogens with zero attached hydrogens (tertiary/aromatic N) is 1. The van der Waals surface area contributed by atoms with Crippen molar-refractivity contribution in [3.8, 4) is 0 Å². The first-order valence-electron chi connectivity index (χ1n) is 10.1. The molecule has 2 heterocycles. The lowest BCUT2D eigenvalue weighted by Crippen LogP contribution is -2.17. The first kappa shape index (κ1) is 20.8. The second kappa shape index (κ2) is 9.53. The van der Waals surface area contributed by atoms with Gasteiger partial charge >= 0.3 is 0 Å². The molecule has 0 saturated heterocycles. The summed E-state index contributed by atoms with van der Waals surface area (Å²) in [5, 5.41) is 7.28. The third-order valence-corrected chi connectivity index (χ3v) is 6.11. The minimum Gasteiger partial charge on any atom is -0.359 e. The SMILES string of the molecule is CCc1cc([C@H](Nc2ccccn2)c2ccc(F)cc2)c(NC(=O)c2ccccc2)s1. The molecule has 4 aromatic rings. The van der Waals surface area contributed by atoms with Crippen LogP contribution < -0.4 is 10.6 Å². The van der Waals surface area contributed by atoms with Crippen LogP contribution in [0, 0.1) is 5.82 Å². The van der Waals surface area contributed by atoms with Crippen LogP contribution in [0.2, 0.25) is 0 Å². The van der Waals surface area contributed by atoms with Crippen LogP contribution >= 0.6 is 11.3 Å². The molecule has 0 aliphatic rings. The summed E-state index contributed by atoms with van der Waals surface area (Å²) in [7, 11) is 0. The molecule has 156 valence electrons. The Bertz CT molecular complexity index is 1140. The van der Waals surface area contributed by atoms with Gasteiger partial charge < -0.3 is 10.6 Å². The quantitative estimate of drug-likeness (QED) is 0.361. The number of amides is 1. The molecule has 0 saturated carbocycles. The van der Waals surface area contributed by atoms with Gasteiger partial charge in [-0.25, -0.2) is 9.37 Å². The summed E-state index contributed by atoms with van der Waals surface area (Å²) in [6.07, 6.45) is 2.56. The molecule has 0 aliphatic heterocycles. The Kier molecular flexibility index (Phi) is 6.38. The predicted molar refractivity (Wildman–Crippen MR) is 124 cm³/mol. The summed E-state index contributed by atoms with van der Waals surface area (Å²) in [5.74, 6) is 0.237. The van der Waals surface area contributed by atoms with Crippen molar-refractivity contribution in [1.82, 2.24) is 4.98 Å². The van der Waals surface area contributed by atoms with Crippen LogP contribution in [-0.4, -0.2) is 10.9 Å². The Morgan fingerprint density at radius 1 is 1.03 bits per heavy atom. The first-order chi connectivity index (χ1) is 15.1. The molecule has 31 heavy (non-hydrogen) atoms. The third kappa shape index (κ3) is 4.98. The molecule has 0 aliphatic carbocycles. The van der Waals surface area contributed by atoms with Gasteiger partial charge in [-0.1, -0.05) is 43.3 Å². The number of aryl methyl sites for hydroxylation is 1. The predicted octanol–water partition coefficient (Wildman–Crippen LogP) is 6.30. The Morgan fingerprint density at radius 3 is 2.45 bits per heavy atom. The Balaban J connectivity index is 1.74. The first-order valence-corrected chi connectivity index (χ1v) is 10.9. The molecule has 2 aromatic carbocycles. The number of carbonyl (C=O) groups excluding carboxylic acids is 1. The van der Waals surface area contributed by atoms with E-state index >= 15 is 0 Å². The number of thiophene rings is 1. The molecular formula is C25H22FN3OS. The molecule has 2 N–H and O–H groups in total. The lowest BCUT2D eigenvalue weighted by Gasteiger charge is -2.21. The number of anilines is 2. The van der Waals surface area contributed by atoms with Crippen LogP contribution in [0.1, 0.15) is 39.3 Å². The number of carbonyl (C=O) groups is 1. The molecule has 4 rings (SSSR count). The van der Waals surface area contributed by atoms with Gasteiger partial charge in [0, 0.05) is 22.2 Å². The summed E-state index contributed by atoms with van der Waals surface area (Å²) >= 11 is 1.55. The van der Waals surface area contributed by atoms with Gasteiger partial charge in [0.2, 0.25) is 0 Å². The number of hydrogen-bond acceptors (Lipinski definition) is 4. The van der Waals surface area contributed by atoms with Crippen molar-refractivity contribution in [2.45, 2.75) is 19.4 Å².